The molecular weight excluding hydrogens is 195 g/mol. The Labute approximate surface area is 74.2 Å². The highest BCUT2D eigenvalue weighted by Gasteiger charge is 2.18. The van der Waals surface area contributed by atoms with E-state index in [1.54, 1.807) is 0 Å². The van der Waals surface area contributed by atoms with Crippen molar-refractivity contribution in [2.24, 2.45) is 5.92 Å². The van der Waals surface area contributed by atoms with Crippen molar-refractivity contribution < 1.29 is 9.90 Å². The molecule has 0 aromatic rings. The van der Waals surface area contributed by atoms with Crippen molar-refractivity contribution >= 4 is 41.8 Å². The van der Waals surface area contributed by atoms with Crippen molar-refractivity contribution in [2.45, 2.75) is 0 Å². The van der Waals surface area contributed by atoms with Crippen LogP contribution in [-0.4, -0.2) is 16.8 Å². The van der Waals surface area contributed by atoms with Crippen molar-refractivity contribution in [1.29, 1.82) is 0 Å². The molecule has 0 saturated heterocycles. The molecule has 5 heteroatoms. The van der Waals surface area contributed by atoms with Gasteiger partial charge in [0.2, 0.25) is 0 Å². The average Bonchev–Trinajstić information content (AvgIpc) is 1.88. The molecule has 0 aliphatic heterocycles. The molecular formula is C5H6Cl2O2S. The fraction of sp³-hybridized carbons (Fsp3) is 0.400. The Morgan fingerprint density at radius 1 is 1.80 bits per heavy atom. The standard InChI is InChI=1S/C5H6Cl2O2S/c6-1-4(7)3(2-10)5(8)9/h1,3,10H,2H2,(H,8,9)/b4-1-. The van der Waals surface area contributed by atoms with E-state index in [4.69, 9.17) is 28.3 Å². The van der Waals surface area contributed by atoms with Crippen molar-refractivity contribution in [3.8, 4) is 0 Å². The summed E-state index contributed by atoms with van der Waals surface area (Å²) in [4.78, 5) is 10.3. The molecule has 0 rings (SSSR count). The van der Waals surface area contributed by atoms with E-state index in [0.29, 0.717) is 0 Å². The zero-order valence-electron chi connectivity index (χ0n) is 4.92. The number of aliphatic carboxylic acids is 1. The molecule has 0 saturated carbocycles. The minimum absolute atomic E-state index is 0.101. The van der Waals surface area contributed by atoms with E-state index in [1.807, 2.05) is 0 Å². The van der Waals surface area contributed by atoms with Gasteiger partial charge in [-0.15, -0.1) is 0 Å². The van der Waals surface area contributed by atoms with Crippen molar-refractivity contribution in [3.63, 3.8) is 0 Å². The summed E-state index contributed by atoms with van der Waals surface area (Å²) in [5.41, 5.74) is 1.04. The van der Waals surface area contributed by atoms with E-state index >= 15 is 0 Å². The first-order valence-corrected chi connectivity index (χ1v) is 3.87. The first kappa shape index (κ1) is 10.1. The Balaban J connectivity index is 4.21. The highest BCUT2D eigenvalue weighted by atomic mass is 35.5. The van der Waals surface area contributed by atoms with Gasteiger partial charge in [-0.1, -0.05) is 23.2 Å². The summed E-state index contributed by atoms with van der Waals surface area (Å²) in [6.45, 7) is 0. The fourth-order valence-corrected chi connectivity index (χ4v) is 1.14. The van der Waals surface area contributed by atoms with Crippen molar-refractivity contribution in [1.82, 2.24) is 0 Å². The fourth-order valence-electron chi connectivity index (χ4n) is 0.359. The molecule has 0 heterocycles. The van der Waals surface area contributed by atoms with Gasteiger partial charge in [-0.25, -0.2) is 0 Å². The molecule has 0 aromatic heterocycles. The molecule has 0 amide bonds. The summed E-state index contributed by atoms with van der Waals surface area (Å²) >= 11 is 14.4. The van der Waals surface area contributed by atoms with Gasteiger partial charge in [-0.3, -0.25) is 4.79 Å². The lowest BCUT2D eigenvalue weighted by Crippen LogP contribution is -2.15. The molecule has 0 aromatic carbocycles. The van der Waals surface area contributed by atoms with Crippen LogP contribution in [0.1, 0.15) is 0 Å². The summed E-state index contributed by atoms with van der Waals surface area (Å²) < 4.78 is 0. The first-order valence-electron chi connectivity index (χ1n) is 2.43. The van der Waals surface area contributed by atoms with Crippen LogP contribution in [0.15, 0.2) is 10.6 Å². The maximum atomic E-state index is 10.3. The van der Waals surface area contributed by atoms with E-state index < -0.39 is 11.9 Å². The Kier molecular flexibility index (Phi) is 4.95. The summed E-state index contributed by atoms with van der Waals surface area (Å²) in [7, 11) is 0. The maximum absolute atomic E-state index is 10.3. The second-order valence-corrected chi connectivity index (χ2v) is 2.59. The molecule has 1 atom stereocenters. The third-order valence-corrected chi connectivity index (χ3v) is 2.00. The monoisotopic (exact) mass is 200 g/mol. The van der Waals surface area contributed by atoms with Crippen LogP contribution >= 0.6 is 35.8 Å². The lowest BCUT2D eigenvalue weighted by molar-refractivity contribution is -0.139. The van der Waals surface area contributed by atoms with Crippen LogP contribution in [-0.2, 0) is 4.79 Å². The predicted octanol–water partition coefficient (Wildman–Crippen LogP) is 1.94. The predicted molar refractivity (Wildman–Crippen MR) is 44.8 cm³/mol. The smallest absolute Gasteiger partial charge is 0.312 e. The average molecular weight is 201 g/mol. The van der Waals surface area contributed by atoms with Crippen LogP contribution in [0.25, 0.3) is 0 Å². The van der Waals surface area contributed by atoms with Gasteiger partial charge in [-0.2, -0.15) is 12.6 Å². The van der Waals surface area contributed by atoms with Gasteiger partial charge in [0.25, 0.3) is 0 Å². The van der Waals surface area contributed by atoms with E-state index in [9.17, 15) is 4.79 Å². The number of carboxylic acid groups (broad SMARTS) is 1. The Hall–Kier alpha value is 0.140. The van der Waals surface area contributed by atoms with E-state index in [-0.39, 0.29) is 10.8 Å². The van der Waals surface area contributed by atoms with Crippen molar-refractivity contribution in [2.75, 3.05) is 5.75 Å². The summed E-state index contributed by atoms with van der Waals surface area (Å²) in [5.74, 6) is -1.66. The van der Waals surface area contributed by atoms with E-state index in [0.717, 1.165) is 5.54 Å². The molecule has 0 radical (unpaired) electrons. The maximum Gasteiger partial charge on any atom is 0.312 e. The molecule has 0 aliphatic rings. The number of hydrogen-bond donors (Lipinski definition) is 2. The van der Waals surface area contributed by atoms with E-state index in [2.05, 4.69) is 12.6 Å². The second kappa shape index (κ2) is 4.88. The minimum Gasteiger partial charge on any atom is -0.481 e. The SMILES string of the molecule is O=C(O)C(CS)/C(Cl)=C/Cl. The van der Waals surface area contributed by atoms with Crippen LogP contribution in [0, 0.1) is 5.92 Å². The van der Waals surface area contributed by atoms with Gasteiger partial charge in [0, 0.05) is 16.3 Å². The largest absolute Gasteiger partial charge is 0.481 e. The number of carboxylic acids is 1. The highest BCUT2D eigenvalue weighted by molar-refractivity contribution is 7.80. The zero-order valence-corrected chi connectivity index (χ0v) is 7.33. The highest BCUT2D eigenvalue weighted by Crippen LogP contribution is 2.17. The lowest BCUT2D eigenvalue weighted by atomic mass is 10.2. The van der Waals surface area contributed by atoms with Crippen LogP contribution < -0.4 is 0 Å². The van der Waals surface area contributed by atoms with Gasteiger partial charge in [-0.05, 0) is 0 Å². The van der Waals surface area contributed by atoms with Crippen LogP contribution in [0.2, 0.25) is 0 Å². The second-order valence-electron chi connectivity index (χ2n) is 1.57. The molecule has 1 unspecified atom stereocenters. The van der Waals surface area contributed by atoms with Gasteiger partial charge in [0.15, 0.2) is 0 Å². The zero-order chi connectivity index (χ0) is 8.15. The third-order valence-electron chi connectivity index (χ3n) is 0.918. The molecule has 58 valence electrons. The number of halogens is 2. The van der Waals surface area contributed by atoms with Gasteiger partial charge < -0.3 is 5.11 Å². The quantitative estimate of drug-likeness (QED) is 0.684. The number of carbonyl (C=O) groups is 1. The first-order chi connectivity index (χ1) is 4.63. The molecule has 0 spiro atoms. The number of thiol groups is 1. The molecule has 0 aliphatic carbocycles. The number of hydrogen-bond acceptors (Lipinski definition) is 2. The molecule has 1 N–H and O–H groups in total. The summed E-state index contributed by atoms with van der Waals surface area (Å²) in [6, 6.07) is 0. The molecule has 2 nitrogen and oxygen atoms in total. The van der Waals surface area contributed by atoms with Crippen LogP contribution in [0.5, 0.6) is 0 Å². The summed E-state index contributed by atoms with van der Waals surface area (Å²) in [5, 5.41) is 8.54. The molecule has 0 fully saturated rings. The minimum atomic E-state index is -1.02. The van der Waals surface area contributed by atoms with E-state index in [1.165, 1.54) is 0 Å². The normalized spacial score (nSPS) is 14.9. The van der Waals surface area contributed by atoms with Crippen LogP contribution in [0.3, 0.4) is 0 Å². The number of rotatable bonds is 3. The van der Waals surface area contributed by atoms with Gasteiger partial charge in [0.1, 0.15) is 5.92 Å². The van der Waals surface area contributed by atoms with Crippen LogP contribution in [0.4, 0.5) is 0 Å². The Bertz CT molecular complexity index is 158. The third kappa shape index (κ3) is 2.82. The Morgan fingerprint density at radius 2 is 2.30 bits per heavy atom. The topological polar surface area (TPSA) is 37.3 Å². The lowest BCUT2D eigenvalue weighted by Gasteiger charge is -2.04. The van der Waals surface area contributed by atoms with Gasteiger partial charge >= 0.3 is 5.97 Å². The molecule has 0 bridgehead atoms. The molecule has 10 heavy (non-hydrogen) atoms. The Morgan fingerprint density at radius 3 is 2.40 bits per heavy atom. The van der Waals surface area contributed by atoms with Gasteiger partial charge in [0.05, 0.1) is 0 Å². The van der Waals surface area contributed by atoms with Crippen molar-refractivity contribution in [3.05, 3.63) is 10.6 Å². The summed E-state index contributed by atoms with van der Waals surface area (Å²) in [6.07, 6.45) is 0.